The van der Waals surface area contributed by atoms with Crippen LogP contribution in [0.15, 0.2) is 72.8 Å². The Hall–Kier alpha value is -2.70. The van der Waals surface area contributed by atoms with E-state index >= 15 is 0 Å². The first-order valence-electron chi connectivity index (χ1n) is 11.7. The molecule has 0 aliphatic carbocycles. The summed E-state index contributed by atoms with van der Waals surface area (Å²) >= 11 is 0. The predicted molar refractivity (Wildman–Crippen MR) is 131 cm³/mol. The third kappa shape index (κ3) is 8.63. The number of phenols is 1. The second kappa shape index (κ2) is 13.8. The summed E-state index contributed by atoms with van der Waals surface area (Å²) in [6.07, 6.45) is 3.44. The van der Waals surface area contributed by atoms with Crippen LogP contribution in [0.25, 0.3) is 0 Å². The van der Waals surface area contributed by atoms with Gasteiger partial charge in [0.25, 0.3) is 0 Å². The molecular weight excluding hydrogens is 414 g/mol. The van der Waals surface area contributed by atoms with Crippen molar-refractivity contribution < 1.29 is 20.1 Å². The number of unbranched alkanes of at least 4 members (excludes halogenated alkanes) is 1. The van der Waals surface area contributed by atoms with E-state index in [9.17, 15) is 15.3 Å². The molecule has 0 aliphatic rings. The van der Waals surface area contributed by atoms with Gasteiger partial charge in [-0.15, -0.1) is 0 Å². The van der Waals surface area contributed by atoms with Crippen LogP contribution in [0.1, 0.15) is 46.8 Å². The lowest BCUT2D eigenvalue weighted by molar-refractivity contribution is 0.117. The van der Waals surface area contributed by atoms with E-state index in [1.807, 2.05) is 6.07 Å². The summed E-state index contributed by atoms with van der Waals surface area (Å²) in [5.74, 6) is 0.0393. The molecule has 1 atom stereocenters. The Labute approximate surface area is 196 Å². The lowest BCUT2D eigenvalue weighted by atomic mass is 10.0. The van der Waals surface area contributed by atoms with Gasteiger partial charge in [-0.1, -0.05) is 60.7 Å². The van der Waals surface area contributed by atoms with Gasteiger partial charge in [0.2, 0.25) is 0 Å². The number of nitrogens with one attached hydrogen (secondary N) is 1. The zero-order chi connectivity index (χ0) is 23.3. The van der Waals surface area contributed by atoms with Crippen LogP contribution in [0, 0.1) is 0 Å². The van der Waals surface area contributed by atoms with Crippen molar-refractivity contribution in [2.45, 2.75) is 45.0 Å². The number of aliphatic hydroxyl groups excluding tert-OH is 2. The molecule has 4 N–H and O–H groups in total. The molecule has 0 amide bonds. The Kier molecular flexibility index (Phi) is 10.4. The van der Waals surface area contributed by atoms with Crippen molar-refractivity contribution in [1.82, 2.24) is 5.32 Å². The maximum atomic E-state index is 10.4. The van der Waals surface area contributed by atoms with Crippen molar-refractivity contribution in [2.24, 2.45) is 0 Å². The monoisotopic (exact) mass is 449 g/mol. The largest absolute Gasteiger partial charge is 0.508 e. The molecule has 3 aromatic rings. The van der Waals surface area contributed by atoms with Crippen LogP contribution in [0.3, 0.4) is 0 Å². The summed E-state index contributed by atoms with van der Waals surface area (Å²) in [7, 11) is 0. The second-order valence-corrected chi connectivity index (χ2v) is 8.33. The van der Waals surface area contributed by atoms with Gasteiger partial charge in [0, 0.05) is 18.7 Å². The fraction of sp³-hybridized carbons (Fsp3) is 0.357. The van der Waals surface area contributed by atoms with Crippen molar-refractivity contribution >= 4 is 0 Å². The SMILES string of the molecule is OCc1cc(C(O)CNCCc2cccc(COCCCCc3ccccc3)c2)ccc1O. The number of ether oxygens (including phenoxy) is 1. The summed E-state index contributed by atoms with van der Waals surface area (Å²) in [4.78, 5) is 0. The molecule has 0 fully saturated rings. The average Bonchev–Trinajstić information content (AvgIpc) is 2.85. The standard InChI is InChI=1S/C28H35NO4/c30-20-26-18-25(12-13-27(26)31)28(32)19-29-15-14-23-10-6-11-24(17-23)21-33-16-5-4-9-22-7-2-1-3-8-22/h1-3,6-8,10-13,17-18,28-32H,4-5,9,14-16,19-21H2. The number of aryl methyl sites for hydroxylation is 1. The van der Waals surface area contributed by atoms with Gasteiger partial charge in [-0.05, 0) is 66.6 Å². The third-order valence-electron chi connectivity index (χ3n) is 5.69. The molecule has 0 spiro atoms. The molecule has 0 heterocycles. The Balaban J connectivity index is 1.31. The van der Waals surface area contributed by atoms with Gasteiger partial charge < -0.3 is 25.4 Å². The molecule has 5 nitrogen and oxygen atoms in total. The molecule has 176 valence electrons. The van der Waals surface area contributed by atoms with E-state index in [0.29, 0.717) is 24.3 Å². The number of aliphatic hydroxyl groups is 2. The minimum absolute atomic E-state index is 0.0393. The van der Waals surface area contributed by atoms with Gasteiger partial charge in [-0.25, -0.2) is 0 Å². The van der Waals surface area contributed by atoms with Crippen LogP contribution < -0.4 is 5.32 Å². The van der Waals surface area contributed by atoms with Crippen LogP contribution in [-0.2, 0) is 30.8 Å². The van der Waals surface area contributed by atoms with E-state index < -0.39 is 6.10 Å². The molecule has 0 bridgehead atoms. The minimum atomic E-state index is -0.697. The highest BCUT2D eigenvalue weighted by Gasteiger charge is 2.10. The van der Waals surface area contributed by atoms with Crippen molar-refractivity contribution in [2.75, 3.05) is 19.7 Å². The smallest absolute Gasteiger partial charge is 0.121 e. The Bertz CT molecular complexity index is 961. The minimum Gasteiger partial charge on any atom is -0.508 e. The van der Waals surface area contributed by atoms with Gasteiger partial charge in [-0.2, -0.15) is 0 Å². The lowest BCUT2D eigenvalue weighted by Crippen LogP contribution is -2.23. The molecule has 0 radical (unpaired) electrons. The Morgan fingerprint density at radius 1 is 0.818 bits per heavy atom. The second-order valence-electron chi connectivity index (χ2n) is 8.33. The topological polar surface area (TPSA) is 82.0 Å². The molecule has 1 unspecified atom stereocenters. The van der Waals surface area contributed by atoms with E-state index in [4.69, 9.17) is 4.74 Å². The van der Waals surface area contributed by atoms with Gasteiger partial charge in [-0.3, -0.25) is 0 Å². The van der Waals surface area contributed by atoms with Crippen molar-refractivity contribution in [3.05, 3.63) is 101 Å². The van der Waals surface area contributed by atoms with Crippen LogP contribution in [0.2, 0.25) is 0 Å². The highest BCUT2D eigenvalue weighted by atomic mass is 16.5. The molecule has 0 saturated carbocycles. The number of benzene rings is 3. The normalized spacial score (nSPS) is 12.1. The van der Waals surface area contributed by atoms with E-state index in [2.05, 4.69) is 53.8 Å². The molecule has 0 saturated heterocycles. The first kappa shape index (κ1) is 24.9. The molecular formula is C28H35NO4. The highest BCUT2D eigenvalue weighted by molar-refractivity contribution is 5.36. The van der Waals surface area contributed by atoms with Crippen molar-refractivity contribution in [1.29, 1.82) is 0 Å². The number of rotatable bonds is 14. The summed E-state index contributed by atoms with van der Waals surface area (Å²) < 4.78 is 5.86. The van der Waals surface area contributed by atoms with Gasteiger partial charge in [0.1, 0.15) is 5.75 Å². The summed E-state index contributed by atoms with van der Waals surface area (Å²) in [5.41, 5.74) is 4.88. The van der Waals surface area contributed by atoms with Crippen LogP contribution in [0.5, 0.6) is 5.75 Å². The molecule has 33 heavy (non-hydrogen) atoms. The number of hydrogen-bond acceptors (Lipinski definition) is 5. The number of aromatic hydroxyl groups is 1. The molecule has 0 aliphatic heterocycles. The van der Waals surface area contributed by atoms with Crippen molar-refractivity contribution in [3.8, 4) is 5.75 Å². The number of hydrogen-bond donors (Lipinski definition) is 4. The average molecular weight is 450 g/mol. The first-order valence-corrected chi connectivity index (χ1v) is 11.7. The molecule has 5 heteroatoms. The van der Waals surface area contributed by atoms with Crippen LogP contribution >= 0.6 is 0 Å². The van der Waals surface area contributed by atoms with Gasteiger partial charge >= 0.3 is 0 Å². The lowest BCUT2D eigenvalue weighted by Gasteiger charge is -2.14. The van der Waals surface area contributed by atoms with E-state index in [1.54, 1.807) is 12.1 Å². The predicted octanol–water partition coefficient (Wildman–Crippen LogP) is 4.29. The maximum Gasteiger partial charge on any atom is 0.121 e. The summed E-state index contributed by atoms with van der Waals surface area (Å²) in [6.45, 7) is 2.28. The zero-order valence-electron chi connectivity index (χ0n) is 19.1. The fourth-order valence-electron chi connectivity index (χ4n) is 3.77. The van der Waals surface area contributed by atoms with Crippen molar-refractivity contribution in [3.63, 3.8) is 0 Å². The van der Waals surface area contributed by atoms with E-state index in [1.165, 1.54) is 22.8 Å². The van der Waals surface area contributed by atoms with Gasteiger partial charge in [0.05, 0.1) is 19.3 Å². The van der Waals surface area contributed by atoms with E-state index in [0.717, 1.165) is 38.8 Å². The maximum absolute atomic E-state index is 10.4. The highest BCUT2D eigenvalue weighted by Crippen LogP contribution is 2.22. The Morgan fingerprint density at radius 3 is 2.42 bits per heavy atom. The summed E-state index contributed by atoms with van der Waals surface area (Å²) in [5, 5.41) is 32.5. The zero-order valence-corrected chi connectivity index (χ0v) is 19.1. The first-order chi connectivity index (χ1) is 16.2. The summed E-state index contributed by atoms with van der Waals surface area (Å²) in [6, 6.07) is 23.8. The molecule has 3 aromatic carbocycles. The van der Waals surface area contributed by atoms with E-state index in [-0.39, 0.29) is 12.4 Å². The fourth-order valence-corrected chi connectivity index (χ4v) is 3.77. The van der Waals surface area contributed by atoms with Crippen LogP contribution in [0.4, 0.5) is 0 Å². The third-order valence-corrected chi connectivity index (χ3v) is 5.69. The van der Waals surface area contributed by atoms with Crippen LogP contribution in [-0.4, -0.2) is 35.0 Å². The molecule has 0 aromatic heterocycles. The van der Waals surface area contributed by atoms with Gasteiger partial charge in [0.15, 0.2) is 0 Å². The Morgan fingerprint density at radius 2 is 1.61 bits per heavy atom. The quantitative estimate of drug-likeness (QED) is 0.276. The molecule has 3 rings (SSSR count).